The SMILES string of the molecule is Nc1ccc(F)c(C(=O)NCC(O)C(F)(F)F)c1F. The van der Waals surface area contributed by atoms with Crippen molar-refractivity contribution in [2.75, 3.05) is 12.3 Å². The van der Waals surface area contributed by atoms with Crippen molar-refractivity contribution < 1.29 is 31.9 Å². The number of hydrogen-bond donors (Lipinski definition) is 3. The molecule has 19 heavy (non-hydrogen) atoms. The van der Waals surface area contributed by atoms with E-state index in [2.05, 4.69) is 0 Å². The molecule has 1 amide bonds. The molecule has 1 unspecified atom stereocenters. The van der Waals surface area contributed by atoms with Gasteiger partial charge in [0.2, 0.25) is 0 Å². The molecule has 1 aromatic carbocycles. The van der Waals surface area contributed by atoms with Gasteiger partial charge in [0.05, 0.1) is 12.2 Å². The average molecular weight is 284 g/mol. The van der Waals surface area contributed by atoms with Crippen LogP contribution in [0.5, 0.6) is 0 Å². The molecule has 0 aromatic heterocycles. The van der Waals surface area contributed by atoms with Crippen LogP contribution in [0.1, 0.15) is 10.4 Å². The standard InChI is InChI=1S/C10H9F5N2O2/c11-4-1-2-5(16)8(12)7(4)9(19)17-3-6(18)10(13,14)15/h1-2,6,18H,3,16H2,(H,17,19). The van der Waals surface area contributed by atoms with E-state index in [1.165, 1.54) is 0 Å². The number of aliphatic hydroxyl groups excluding tert-OH is 1. The van der Waals surface area contributed by atoms with Crippen LogP contribution in [0.25, 0.3) is 0 Å². The molecule has 0 aliphatic heterocycles. The van der Waals surface area contributed by atoms with Crippen molar-refractivity contribution in [3.05, 3.63) is 29.3 Å². The Morgan fingerprint density at radius 2 is 1.95 bits per heavy atom. The van der Waals surface area contributed by atoms with Gasteiger partial charge < -0.3 is 16.2 Å². The number of anilines is 1. The third-order valence-corrected chi connectivity index (χ3v) is 2.18. The summed E-state index contributed by atoms with van der Waals surface area (Å²) >= 11 is 0. The summed E-state index contributed by atoms with van der Waals surface area (Å²) in [5, 5.41) is 10.2. The maximum atomic E-state index is 13.4. The summed E-state index contributed by atoms with van der Waals surface area (Å²) in [4.78, 5) is 11.3. The number of halogens is 5. The molecule has 1 rings (SSSR count). The number of nitrogens with two attached hydrogens (primary N) is 1. The topological polar surface area (TPSA) is 75.4 Å². The molecule has 0 saturated heterocycles. The third kappa shape index (κ3) is 3.53. The third-order valence-electron chi connectivity index (χ3n) is 2.18. The van der Waals surface area contributed by atoms with Gasteiger partial charge >= 0.3 is 6.18 Å². The lowest BCUT2D eigenvalue weighted by molar-refractivity contribution is -0.201. The lowest BCUT2D eigenvalue weighted by Crippen LogP contribution is -2.41. The molecule has 0 fully saturated rings. The van der Waals surface area contributed by atoms with E-state index in [-0.39, 0.29) is 0 Å². The van der Waals surface area contributed by atoms with Crippen molar-refractivity contribution >= 4 is 11.6 Å². The number of carbonyl (C=O) groups excluding carboxylic acids is 1. The van der Waals surface area contributed by atoms with Gasteiger partial charge in [-0.2, -0.15) is 13.2 Å². The van der Waals surface area contributed by atoms with Crippen LogP contribution in [0.3, 0.4) is 0 Å². The molecule has 9 heteroatoms. The summed E-state index contributed by atoms with van der Waals surface area (Å²) in [5.41, 5.74) is 3.47. The maximum Gasteiger partial charge on any atom is 0.416 e. The Morgan fingerprint density at radius 3 is 2.47 bits per heavy atom. The van der Waals surface area contributed by atoms with Gasteiger partial charge in [0.1, 0.15) is 11.4 Å². The van der Waals surface area contributed by atoms with Gasteiger partial charge in [-0.3, -0.25) is 4.79 Å². The fraction of sp³-hybridized carbons (Fsp3) is 0.300. The Kier molecular flexibility index (Phi) is 4.30. The Balaban J connectivity index is 2.83. The van der Waals surface area contributed by atoms with E-state index in [4.69, 9.17) is 10.8 Å². The van der Waals surface area contributed by atoms with Crippen molar-refractivity contribution in [3.8, 4) is 0 Å². The van der Waals surface area contributed by atoms with Gasteiger partial charge in [0.25, 0.3) is 5.91 Å². The van der Waals surface area contributed by atoms with Crippen LogP contribution in [0.15, 0.2) is 12.1 Å². The van der Waals surface area contributed by atoms with Gasteiger partial charge in [0.15, 0.2) is 11.9 Å². The first-order chi connectivity index (χ1) is 8.64. The molecule has 0 bridgehead atoms. The molecule has 4 nitrogen and oxygen atoms in total. The normalized spacial score (nSPS) is 13.2. The number of nitrogens with one attached hydrogen (secondary N) is 1. The zero-order chi connectivity index (χ0) is 14.8. The fourth-order valence-corrected chi connectivity index (χ4v) is 1.17. The van der Waals surface area contributed by atoms with Crippen LogP contribution in [-0.2, 0) is 0 Å². The van der Waals surface area contributed by atoms with E-state index in [1.54, 1.807) is 5.32 Å². The Hall–Kier alpha value is -1.90. The average Bonchev–Trinajstić information content (AvgIpc) is 2.30. The fourth-order valence-electron chi connectivity index (χ4n) is 1.17. The molecule has 1 aromatic rings. The smallest absolute Gasteiger partial charge is 0.396 e. The van der Waals surface area contributed by atoms with E-state index < -0.39 is 47.6 Å². The number of alkyl halides is 3. The number of benzene rings is 1. The number of aliphatic hydroxyl groups is 1. The molecule has 4 N–H and O–H groups in total. The highest BCUT2D eigenvalue weighted by atomic mass is 19.4. The molecule has 0 aliphatic carbocycles. The second-order valence-electron chi connectivity index (χ2n) is 3.59. The first-order valence-electron chi connectivity index (χ1n) is 4.91. The number of nitrogen functional groups attached to an aromatic ring is 1. The molecule has 0 spiro atoms. The molecular weight excluding hydrogens is 275 g/mol. The summed E-state index contributed by atoms with van der Waals surface area (Å²) in [6, 6.07) is 1.57. The predicted molar refractivity (Wildman–Crippen MR) is 55.2 cm³/mol. The first-order valence-corrected chi connectivity index (χ1v) is 4.91. The zero-order valence-corrected chi connectivity index (χ0v) is 9.26. The summed E-state index contributed by atoms with van der Waals surface area (Å²) in [6.07, 6.45) is -7.77. The highest BCUT2D eigenvalue weighted by Crippen LogP contribution is 2.20. The molecular formula is C10H9F5N2O2. The Labute approximate surface area is 104 Å². The Bertz CT molecular complexity index is 490. The second-order valence-corrected chi connectivity index (χ2v) is 3.59. The second kappa shape index (κ2) is 5.39. The monoisotopic (exact) mass is 284 g/mol. The number of hydrogen-bond acceptors (Lipinski definition) is 3. The van der Waals surface area contributed by atoms with Crippen LogP contribution < -0.4 is 11.1 Å². The van der Waals surface area contributed by atoms with Crippen LogP contribution in [0, 0.1) is 11.6 Å². The van der Waals surface area contributed by atoms with Crippen molar-refractivity contribution in [1.29, 1.82) is 0 Å². The number of amides is 1. The van der Waals surface area contributed by atoms with Gasteiger partial charge in [0, 0.05) is 0 Å². The maximum absolute atomic E-state index is 13.4. The van der Waals surface area contributed by atoms with Gasteiger partial charge in [-0.05, 0) is 12.1 Å². The molecule has 0 saturated carbocycles. The minimum Gasteiger partial charge on any atom is -0.396 e. The first kappa shape index (κ1) is 15.2. The summed E-state index contributed by atoms with van der Waals surface area (Å²) in [5.74, 6) is -4.09. The van der Waals surface area contributed by atoms with Crippen LogP contribution in [0.4, 0.5) is 27.6 Å². The van der Waals surface area contributed by atoms with E-state index in [0.717, 1.165) is 6.07 Å². The number of carbonyl (C=O) groups is 1. The molecule has 1 atom stereocenters. The highest BCUT2D eigenvalue weighted by molar-refractivity contribution is 5.95. The van der Waals surface area contributed by atoms with E-state index >= 15 is 0 Å². The Morgan fingerprint density at radius 1 is 1.37 bits per heavy atom. The van der Waals surface area contributed by atoms with Crippen LogP contribution >= 0.6 is 0 Å². The van der Waals surface area contributed by atoms with E-state index in [9.17, 15) is 26.7 Å². The minimum absolute atomic E-state index is 0.525. The van der Waals surface area contributed by atoms with Crippen molar-refractivity contribution in [2.24, 2.45) is 0 Å². The summed E-state index contributed by atoms with van der Waals surface area (Å²) in [6.45, 7) is -1.23. The van der Waals surface area contributed by atoms with Gasteiger partial charge in [-0.1, -0.05) is 0 Å². The minimum atomic E-state index is -4.94. The van der Waals surface area contributed by atoms with E-state index in [1.807, 2.05) is 0 Å². The van der Waals surface area contributed by atoms with Crippen molar-refractivity contribution in [1.82, 2.24) is 5.32 Å². The lowest BCUT2D eigenvalue weighted by atomic mass is 10.1. The molecule has 0 radical (unpaired) electrons. The predicted octanol–water partition coefficient (Wildman–Crippen LogP) is 1.20. The summed E-state index contributed by atoms with van der Waals surface area (Å²) < 4.78 is 62.4. The van der Waals surface area contributed by atoms with Crippen molar-refractivity contribution in [2.45, 2.75) is 12.3 Å². The highest BCUT2D eigenvalue weighted by Gasteiger charge is 2.38. The largest absolute Gasteiger partial charge is 0.416 e. The van der Waals surface area contributed by atoms with Crippen LogP contribution in [-0.4, -0.2) is 29.8 Å². The summed E-state index contributed by atoms with van der Waals surface area (Å²) in [7, 11) is 0. The molecule has 0 aliphatic rings. The van der Waals surface area contributed by atoms with Crippen LogP contribution in [0.2, 0.25) is 0 Å². The van der Waals surface area contributed by atoms with Crippen molar-refractivity contribution in [3.63, 3.8) is 0 Å². The molecule has 106 valence electrons. The molecule has 0 heterocycles. The van der Waals surface area contributed by atoms with E-state index in [0.29, 0.717) is 6.07 Å². The quantitative estimate of drug-likeness (QED) is 0.576. The number of rotatable bonds is 3. The zero-order valence-electron chi connectivity index (χ0n) is 9.26. The van der Waals surface area contributed by atoms with Gasteiger partial charge in [-0.25, -0.2) is 8.78 Å². The lowest BCUT2D eigenvalue weighted by Gasteiger charge is -2.15. The van der Waals surface area contributed by atoms with Gasteiger partial charge in [-0.15, -0.1) is 0 Å².